The number of nitrogens with two attached hydrogens (primary N) is 1. The number of carbonyl (C=O) groups is 1. The van der Waals surface area contributed by atoms with Gasteiger partial charge < -0.3 is 20.7 Å². The first kappa shape index (κ1) is 24.2. The minimum Gasteiger partial charge on any atom is -0.508 e. The first-order valence-electron chi connectivity index (χ1n) is 12.1. The van der Waals surface area contributed by atoms with Crippen molar-refractivity contribution in [2.24, 2.45) is 11.7 Å². The van der Waals surface area contributed by atoms with Crippen molar-refractivity contribution in [1.82, 2.24) is 0 Å². The number of phenols is 1. The monoisotopic (exact) mass is 461 g/mol. The highest BCUT2D eigenvalue weighted by Crippen LogP contribution is 2.54. The van der Waals surface area contributed by atoms with Gasteiger partial charge in [0.25, 0.3) is 0 Å². The van der Waals surface area contributed by atoms with Gasteiger partial charge in [0.1, 0.15) is 17.0 Å². The molecule has 2 aliphatic carbocycles. The Morgan fingerprint density at radius 2 is 1.88 bits per heavy atom. The van der Waals surface area contributed by atoms with Crippen LogP contribution in [0, 0.1) is 17.8 Å². The van der Waals surface area contributed by atoms with Crippen LogP contribution in [0.3, 0.4) is 0 Å². The third-order valence-electron chi connectivity index (χ3n) is 7.64. The van der Waals surface area contributed by atoms with Crippen LogP contribution in [-0.2, 0) is 29.4 Å². The van der Waals surface area contributed by atoms with E-state index in [1.807, 2.05) is 19.9 Å². The number of aryl methyl sites for hydroxylation is 1. The molecule has 2 aromatic rings. The smallest absolute Gasteiger partial charge is 0.405 e. The van der Waals surface area contributed by atoms with Gasteiger partial charge in [-0.25, -0.2) is 4.79 Å². The van der Waals surface area contributed by atoms with Crippen LogP contribution < -0.4 is 5.73 Å². The number of amides is 1. The van der Waals surface area contributed by atoms with Crippen LogP contribution >= 0.6 is 0 Å². The van der Waals surface area contributed by atoms with Gasteiger partial charge in [0, 0.05) is 11.8 Å². The fourth-order valence-electron chi connectivity index (χ4n) is 6.29. The van der Waals surface area contributed by atoms with Crippen LogP contribution in [0.5, 0.6) is 5.75 Å². The Hall–Kier alpha value is -2.97. The standard InChI is InChI=1S/C29H35NO4/c1-4-13-28(33)14-15-29(23(19-28)10-9-22-16-24(31)11-12-25(22)29)18-21-7-5-20(6-8-21)17-27(2,3)34-26(30)32/h5-8,11-12,16,23,31,33H,9-10,14-15,17-19H2,1-3H3,(H2,30,32). The first-order chi connectivity index (χ1) is 16.0. The van der Waals surface area contributed by atoms with Gasteiger partial charge in [0.2, 0.25) is 0 Å². The van der Waals surface area contributed by atoms with Crippen LogP contribution in [0.25, 0.3) is 0 Å². The third-order valence-corrected chi connectivity index (χ3v) is 7.64. The normalized spacial score (nSPS) is 25.9. The Bertz CT molecular complexity index is 1130. The molecule has 1 fully saturated rings. The predicted octanol–water partition coefficient (Wildman–Crippen LogP) is 4.79. The highest BCUT2D eigenvalue weighted by atomic mass is 16.6. The highest BCUT2D eigenvalue weighted by molar-refractivity contribution is 5.65. The molecule has 0 aromatic heterocycles. The fraction of sp³-hybridized carbons (Fsp3) is 0.483. The van der Waals surface area contributed by atoms with Crippen LogP contribution in [0.15, 0.2) is 42.5 Å². The number of aromatic hydroxyl groups is 1. The molecular formula is C29H35NO4. The summed E-state index contributed by atoms with van der Waals surface area (Å²) in [6.45, 7) is 5.49. The highest BCUT2D eigenvalue weighted by Gasteiger charge is 2.51. The Balaban J connectivity index is 1.64. The fourth-order valence-corrected chi connectivity index (χ4v) is 6.29. The maximum absolute atomic E-state index is 11.2. The van der Waals surface area contributed by atoms with E-state index in [-0.39, 0.29) is 5.41 Å². The van der Waals surface area contributed by atoms with E-state index in [4.69, 9.17) is 10.5 Å². The summed E-state index contributed by atoms with van der Waals surface area (Å²) in [5.74, 6) is 6.62. The number of phenolic OH excluding ortho intramolecular Hbond substituents is 1. The number of ether oxygens (including phenoxy) is 1. The molecule has 0 saturated heterocycles. The van der Waals surface area contributed by atoms with E-state index in [1.165, 1.54) is 16.7 Å². The zero-order chi connectivity index (χ0) is 24.6. The molecule has 2 aromatic carbocycles. The molecule has 4 rings (SSSR count). The summed E-state index contributed by atoms with van der Waals surface area (Å²) >= 11 is 0. The van der Waals surface area contributed by atoms with Crippen molar-refractivity contribution < 1.29 is 19.7 Å². The van der Waals surface area contributed by atoms with Gasteiger partial charge in [-0.15, -0.1) is 5.92 Å². The van der Waals surface area contributed by atoms with Gasteiger partial charge >= 0.3 is 6.09 Å². The Morgan fingerprint density at radius 3 is 2.56 bits per heavy atom. The van der Waals surface area contributed by atoms with Crippen molar-refractivity contribution in [3.8, 4) is 17.6 Å². The summed E-state index contributed by atoms with van der Waals surface area (Å²) in [6, 6.07) is 14.3. The molecule has 2 aliphatic rings. The third kappa shape index (κ3) is 4.93. The second kappa shape index (κ2) is 9.00. The van der Waals surface area contributed by atoms with E-state index in [9.17, 15) is 15.0 Å². The number of fused-ring (bicyclic) bond motifs is 3. The molecule has 1 saturated carbocycles. The summed E-state index contributed by atoms with van der Waals surface area (Å²) < 4.78 is 5.23. The lowest BCUT2D eigenvalue weighted by Gasteiger charge is -2.52. The van der Waals surface area contributed by atoms with E-state index in [2.05, 4.69) is 42.2 Å². The van der Waals surface area contributed by atoms with Crippen molar-refractivity contribution in [2.75, 3.05) is 0 Å². The largest absolute Gasteiger partial charge is 0.508 e. The molecule has 3 atom stereocenters. The van der Waals surface area contributed by atoms with Gasteiger partial charge in [-0.2, -0.15) is 0 Å². The Kier molecular flexibility index (Phi) is 6.40. The molecule has 34 heavy (non-hydrogen) atoms. The van der Waals surface area contributed by atoms with E-state index in [1.54, 1.807) is 13.0 Å². The van der Waals surface area contributed by atoms with Gasteiger partial charge in [-0.1, -0.05) is 36.3 Å². The minimum absolute atomic E-state index is 0.0984. The minimum atomic E-state index is -0.923. The molecule has 0 spiro atoms. The van der Waals surface area contributed by atoms with Gasteiger partial charge in [0.05, 0.1) is 0 Å². The maximum atomic E-state index is 11.2. The SMILES string of the molecule is CC#CC1(O)CCC2(Cc3ccc(CC(C)(C)OC(N)=O)cc3)c3ccc(O)cc3CCC2C1. The molecule has 0 radical (unpaired) electrons. The quantitative estimate of drug-likeness (QED) is 0.558. The van der Waals surface area contributed by atoms with E-state index >= 15 is 0 Å². The van der Waals surface area contributed by atoms with Crippen LogP contribution in [0.4, 0.5) is 4.79 Å². The molecule has 0 aliphatic heterocycles. The molecule has 0 bridgehead atoms. The average molecular weight is 462 g/mol. The zero-order valence-corrected chi connectivity index (χ0v) is 20.4. The van der Waals surface area contributed by atoms with E-state index in [0.717, 1.165) is 31.2 Å². The van der Waals surface area contributed by atoms with Gasteiger partial charge in [-0.3, -0.25) is 0 Å². The lowest BCUT2D eigenvalue weighted by Crippen LogP contribution is -2.50. The van der Waals surface area contributed by atoms with Crippen molar-refractivity contribution >= 4 is 6.09 Å². The molecule has 0 heterocycles. The maximum Gasteiger partial charge on any atom is 0.405 e. The Labute approximate surface area is 202 Å². The summed E-state index contributed by atoms with van der Waals surface area (Å²) in [5, 5.41) is 21.2. The number of hydrogen-bond acceptors (Lipinski definition) is 4. The number of rotatable bonds is 5. The zero-order valence-electron chi connectivity index (χ0n) is 20.4. The summed E-state index contributed by atoms with van der Waals surface area (Å²) in [5.41, 5.74) is 8.33. The second-order valence-corrected chi connectivity index (χ2v) is 10.7. The van der Waals surface area contributed by atoms with Crippen LogP contribution in [0.2, 0.25) is 0 Å². The van der Waals surface area contributed by atoms with Crippen molar-refractivity contribution in [1.29, 1.82) is 0 Å². The van der Waals surface area contributed by atoms with Gasteiger partial charge in [0.15, 0.2) is 0 Å². The average Bonchev–Trinajstić information content (AvgIpc) is 2.74. The first-order valence-corrected chi connectivity index (χ1v) is 12.1. The van der Waals surface area contributed by atoms with Crippen molar-refractivity contribution in [3.63, 3.8) is 0 Å². The molecule has 180 valence electrons. The Morgan fingerprint density at radius 1 is 1.18 bits per heavy atom. The molecule has 5 heteroatoms. The number of benzene rings is 2. The molecule has 5 nitrogen and oxygen atoms in total. The molecule has 3 unspecified atom stereocenters. The molecule has 1 amide bonds. The molecule has 4 N–H and O–H groups in total. The predicted molar refractivity (Wildman–Crippen MR) is 132 cm³/mol. The van der Waals surface area contributed by atoms with Crippen LogP contribution in [0.1, 0.15) is 68.7 Å². The topological polar surface area (TPSA) is 92.8 Å². The summed E-state index contributed by atoms with van der Waals surface area (Å²) in [4.78, 5) is 11.2. The summed E-state index contributed by atoms with van der Waals surface area (Å²) in [7, 11) is 0. The van der Waals surface area contributed by atoms with Crippen molar-refractivity contribution in [2.45, 2.75) is 82.3 Å². The number of primary amides is 1. The van der Waals surface area contributed by atoms with Crippen LogP contribution in [-0.4, -0.2) is 27.5 Å². The lowest BCUT2D eigenvalue weighted by molar-refractivity contribution is -0.00804. The second-order valence-electron chi connectivity index (χ2n) is 10.7. The molecular weight excluding hydrogens is 426 g/mol. The van der Waals surface area contributed by atoms with E-state index < -0.39 is 17.3 Å². The van der Waals surface area contributed by atoms with Gasteiger partial charge in [-0.05, 0) is 99.6 Å². The lowest BCUT2D eigenvalue weighted by atomic mass is 9.52. The van der Waals surface area contributed by atoms with Crippen molar-refractivity contribution in [3.05, 3.63) is 64.7 Å². The number of aliphatic hydroxyl groups is 1. The number of hydrogen-bond donors (Lipinski definition) is 3. The van der Waals surface area contributed by atoms with E-state index in [0.29, 0.717) is 30.9 Å². The summed E-state index contributed by atoms with van der Waals surface area (Å²) in [6.07, 6.45) is 4.72. The number of carbonyl (C=O) groups excluding carboxylic acids is 1.